The minimum absolute atomic E-state index is 0.137. The van der Waals surface area contributed by atoms with Crippen LogP contribution in [0.5, 0.6) is 0 Å². The van der Waals surface area contributed by atoms with Crippen LogP contribution in [-0.4, -0.2) is 17.4 Å². The number of nitrogen functional groups attached to an aromatic ring is 1. The molecule has 1 aliphatic rings. The van der Waals surface area contributed by atoms with Crippen molar-refractivity contribution < 1.29 is 4.79 Å². The lowest BCUT2D eigenvalue weighted by atomic mass is 9.83. The number of nitrogens with zero attached hydrogens (tertiary/aromatic N) is 1. The summed E-state index contributed by atoms with van der Waals surface area (Å²) in [5.74, 6) is 0.659. The Hall–Kier alpha value is -2.10. The van der Waals surface area contributed by atoms with Gasteiger partial charge in [0.05, 0.1) is 5.52 Å². The molecule has 0 aliphatic heterocycles. The summed E-state index contributed by atoms with van der Waals surface area (Å²) in [5.41, 5.74) is 7.74. The second-order valence-electron chi connectivity index (χ2n) is 5.46. The van der Waals surface area contributed by atoms with Gasteiger partial charge in [0, 0.05) is 17.6 Å². The Morgan fingerprint density at radius 3 is 2.90 bits per heavy atom. The molecule has 0 unspecified atom stereocenters. The molecule has 0 saturated heterocycles. The summed E-state index contributed by atoms with van der Waals surface area (Å²) in [7, 11) is 0. The van der Waals surface area contributed by atoms with Crippen LogP contribution in [0.4, 0.5) is 5.69 Å². The third-order valence-electron chi connectivity index (χ3n) is 4.04. The maximum Gasteiger partial charge on any atom is 0.269 e. The van der Waals surface area contributed by atoms with E-state index in [9.17, 15) is 4.79 Å². The van der Waals surface area contributed by atoms with E-state index in [0.29, 0.717) is 11.4 Å². The van der Waals surface area contributed by atoms with Crippen molar-refractivity contribution in [3.8, 4) is 0 Å². The second-order valence-corrected chi connectivity index (χ2v) is 5.46. The Bertz CT molecular complexity index is 635. The van der Waals surface area contributed by atoms with Crippen LogP contribution >= 0.6 is 0 Å². The Morgan fingerprint density at radius 1 is 1.35 bits per heavy atom. The Kier molecular flexibility index (Phi) is 3.54. The third-order valence-corrected chi connectivity index (χ3v) is 4.04. The summed E-state index contributed by atoms with van der Waals surface area (Å²) in [6.45, 7) is 0.720. The van der Waals surface area contributed by atoms with Gasteiger partial charge in [0.1, 0.15) is 5.69 Å². The molecule has 3 N–H and O–H groups in total. The molecule has 1 saturated carbocycles. The summed E-state index contributed by atoms with van der Waals surface area (Å²) in [4.78, 5) is 16.5. The number of aromatic nitrogens is 1. The maximum atomic E-state index is 12.1. The van der Waals surface area contributed by atoms with Crippen LogP contribution in [0.15, 0.2) is 30.3 Å². The van der Waals surface area contributed by atoms with Crippen molar-refractivity contribution in [1.82, 2.24) is 10.3 Å². The second kappa shape index (κ2) is 5.49. The van der Waals surface area contributed by atoms with Crippen LogP contribution in [0.2, 0.25) is 0 Å². The number of carbonyl (C=O) groups excluding carboxylic acids is 1. The molecule has 20 heavy (non-hydrogen) atoms. The molecule has 0 radical (unpaired) electrons. The summed E-state index contributed by atoms with van der Waals surface area (Å²) in [6, 6.07) is 9.25. The number of fused-ring (bicyclic) bond motifs is 1. The van der Waals surface area contributed by atoms with Gasteiger partial charge in [-0.2, -0.15) is 0 Å². The monoisotopic (exact) mass is 269 g/mol. The first-order valence-electron chi connectivity index (χ1n) is 7.17. The van der Waals surface area contributed by atoms with Crippen molar-refractivity contribution in [3.63, 3.8) is 0 Å². The van der Waals surface area contributed by atoms with Crippen molar-refractivity contribution >= 4 is 22.5 Å². The van der Waals surface area contributed by atoms with Gasteiger partial charge in [0.15, 0.2) is 0 Å². The lowest BCUT2D eigenvalue weighted by Gasteiger charge is -2.25. The number of amides is 1. The van der Waals surface area contributed by atoms with Gasteiger partial charge in [0.25, 0.3) is 5.91 Å². The summed E-state index contributed by atoms with van der Waals surface area (Å²) in [6.07, 6.45) is 5.00. The number of para-hydroxylation sites is 1. The molecule has 1 fully saturated rings. The van der Waals surface area contributed by atoms with E-state index >= 15 is 0 Å². The number of anilines is 1. The average Bonchev–Trinajstić information content (AvgIpc) is 2.41. The van der Waals surface area contributed by atoms with Gasteiger partial charge in [-0.15, -0.1) is 0 Å². The molecule has 1 aromatic carbocycles. The first-order valence-corrected chi connectivity index (χ1v) is 7.17. The number of pyridine rings is 1. The molecule has 104 valence electrons. The van der Waals surface area contributed by atoms with E-state index in [1.807, 2.05) is 24.3 Å². The standard InChI is InChI=1S/C16H19N3O/c17-13-10-15(19-14-7-2-1-6-12(13)14)16(20)18-9-8-11-4-3-5-11/h1-2,6-7,10-11H,3-5,8-9H2,(H2,17,19)(H,18,20). The maximum absolute atomic E-state index is 12.1. The lowest BCUT2D eigenvalue weighted by Crippen LogP contribution is -2.28. The normalized spacial score (nSPS) is 15.0. The van der Waals surface area contributed by atoms with Crippen LogP contribution in [0, 0.1) is 5.92 Å². The van der Waals surface area contributed by atoms with E-state index in [1.165, 1.54) is 19.3 Å². The molecule has 0 atom stereocenters. The highest BCUT2D eigenvalue weighted by Gasteiger charge is 2.17. The first kappa shape index (κ1) is 12.9. The van der Waals surface area contributed by atoms with Crippen LogP contribution in [-0.2, 0) is 0 Å². The van der Waals surface area contributed by atoms with Gasteiger partial charge in [-0.05, 0) is 24.5 Å². The molecular weight excluding hydrogens is 250 g/mol. The number of carbonyl (C=O) groups is 1. The van der Waals surface area contributed by atoms with Crippen molar-refractivity contribution in [2.75, 3.05) is 12.3 Å². The van der Waals surface area contributed by atoms with Crippen LogP contribution in [0.1, 0.15) is 36.2 Å². The van der Waals surface area contributed by atoms with Crippen LogP contribution < -0.4 is 11.1 Å². The number of benzene rings is 1. The van der Waals surface area contributed by atoms with Gasteiger partial charge < -0.3 is 11.1 Å². The quantitative estimate of drug-likeness (QED) is 0.896. The molecule has 1 aromatic heterocycles. The largest absolute Gasteiger partial charge is 0.398 e. The minimum Gasteiger partial charge on any atom is -0.398 e. The average molecular weight is 269 g/mol. The van der Waals surface area contributed by atoms with E-state index in [4.69, 9.17) is 5.73 Å². The highest BCUT2D eigenvalue weighted by Crippen LogP contribution is 2.28. The van der Waals surface area contributed by atoms with Gasteiger partial charge in [0.2, 0.25) is 0 Å². The zero-order chi connectivity index (χ0) is 13.9. The molecule has 1 amide bonds. The summed E-state index contributed by atoms with van der Waals surface area (Å²) in [5, 5.41) is 3.82. The Labute approximate surface area is 118 Å². The van der Waals surface area contributed by atoms with Gasteiger partial charge in [-0.3, -0.25) is 4.79 Å². The van der Waals surface area contributed by atoms with Gasteiger partial charge >= 0.3 is 0 Å². The summed E-state index contributed by atoms with van der Waals surface area (Å²) < 4.78 is 0. The third kappa shape index (κ3) is 2.59. The van der Waals surface area contributed by atoms with E-state index in [2.05, 4.69) is 10.3 Å². The SMILES string of the molecule is Nc1cc(C(=O)NCCC2CCC2)nc2ccccc12. The molecule has 2 aromatic rings. The fourth-order valence-electron chi connectivity index (χ4n) is 2.58. The van der Waals surface area contributed by atoms with Crippen LogP contribution in [0.3, 0.4) is 0 Å². The molecule has 1 aliphatic carbocycles. The molecular formula is C16H19N3O. The molecule has 0 spiro atoms. The first-order chi connectivity index (χ1) is 9.74. The number of hydrogen-bond donors (Lipinski definition) is 2. The zero-order valence-electron chi connectivity index (χ0n) is 11.4. The van der Waals surface area contributed by atoms with Crippen molar-refractivity contribution in [3.05, 3.63) is 36.0 Å². The van der Waals surface area contributed by atoms with Crippen molar-refractivity contribution in [2.45, 2.75) is 25.7 Å². The topological polar surface area (TPSA) is 68.0 Å². The van der Waals surface area contributed by atoms with Gasteiger partial charge in [-0.1, -0.05) is 37.5 Å². The van der Waals surface area contributed by atoms with E-state index < -0.39 is 0 Å². The highest BCUT2D eigenvalue weighted by atomic mass is 16.1. The molecule has 4 heteroatoms. The Morgan fingerprint density at radius 2 is 2.15 bits per heavy atom. The lowest BCUT2D eigenvalue weighted by molar-refractivity contribution is 0.0944. The molecule has 1 heterocycles. The minimum atomic E-state index is -0.137. The van der Waals surface area contributed by atoms with E-state index in [1.54, 1.807) is 6.07 Å². The predicted molar refractivity (Wildman–Crippen MR) is 80.4 cm³/mol. The number of nitrogens with one attached hydrogen (secondary N) is 1. The number of rotatable bonds is 4. The molecule has 0 bridgehead atoms. The number of nitrogens with two attached hydrogens (primary N) is 1. The highest BCUT2D eigenvalue weighted by molar-refractivity contribution is 5.99. The van der Waals surface area contributed by atoms with Crippen LogP contribution in [0.25, 0.3) is 10.9 Å². The predicted octanol–water partition coefficient (Wildman–Crippen LogP) is 2.74. The zero-order valence-corrected chi connectivity index (χ0v) is 11.4. The Balaban J connectivity index is 1.70. The fourth-order valence-corrected chi connectivity index (χ4v) is 2.58. The number of hydrogen-bond acceptors (Lipinski definition) is 3. The smallest absolute Gasteiger partial charge is 0.269 e. The van der Waals surface area contributed by atoms with Crippen molar-refractivity contribution in [2.24, 2.45) is 5.92 Å². The fraction of sp³-hybridized carbons (Fsp3) is 0.375. The van der Waals surface area contributed by atoms with Crippen molar-refractivity contribution in [1.29, 1.82) is 0 Å². The molecule has 4 nitrogen and oxygen atoms in total. The van der Waals surface area contributed by atoms with E-state index in [-0.39, 0.29) is 5.91 Å². The van der Waals surface area contributed by atoms with E-state index in [0.717, 1.165) is 29.8 Å². The summed E-state index contributed by atoms with van der Waals surface area (Å²) >= 11 is 0. The molecule has 3 rings (SSSR count). The van der Waals surface area contributed by atoms with Gasteiger partial charge in [-0.25, -0.2) is 4.98 Å².